The Balaban J connectivity index is 2.04. The van der Waals surface area contributed by atoms with Gasteiger partial charge in [-0.1, -0.05) is 12.1 Å². The maximum atomic E-state index is 13.0. The van der Waals surface area contributed by atoms with Crippen molar-refractivity contribution in [2.24, 2.45) is 0 Å². The standard InChI is InChI=1S/C15H10F2O3/c16-13-5-4-11(7-14(13)17)15(19)9-20-12-3-1-2-10(6-12)8-18/h1-8H,9H2. The van der Waals surface area contributed by atoms with E-state index in [1.54, 1.807) is 18.2 Å². The van der Waals surface area contributed by atoms with Gasteiger partial charge < -0.3 is 4.74 Å². The second-order valence-corrected chi connectivity index (χ2v) is 4.03. The molecule has 0 aliphatic carbocycles. The topological polar surface area (TPSA) is 43.4 Å². The van der Waals surface area contributed by atoms with E-state index in [4.69, 9.17) is 4.74 Å². The molecule has 0 amide bonds. The molecular formula is C15H10F2O3. The Labute approximate surface area is 113 Å². The molecule has 0 aliphatic rings. The zero-order valence-electron chi connectivity index (χ0n) is 10.3. The van der Waals surface area contributed by atoms with Gasteiger partial charge in [0.1, 0.15) is 12.0 Å². The fourth-order valence-corrected chi connectivity index (χ4v) is 1.58. The lowest BCUT2D eigenvalue weighted by Crippen LogP contribution is -2.12. The minimum atomic E-state index is -1.08. The van der Waals surface area contributed by atoms with Crippen LogP contribution in [0.25, 0.3) is 0 Å². The van der Waals surface area contributed by atoms with Crippen LogP contribution in [0.3, 0.4) is 0 Å². The molecule has 0 aliphatic heterocycles. The quantitative estimate of drug-likeness (QED) is 0.622. The summed E-state index contributed by atoms with van der Waals surface area (Å²) in [6.07, 6.45) is 0.657. The summed E-state index contributed by atoms with van der Waals surface area (Å²) in [6, 6.07) is 9.17. The zero-order valence-corrected chi connectivity index (χ0v) is 10.3. The van der Waals surface area contributed by atoms with Crippen molar-refractivity contribution in [3.63, 3.8) is 0 Å². The number of Topliss-reactive ketones (excluding diaryl/α,β-unsaturated/α-hetero) is 1. The molecule has 0 saturated heterocycles. The van der Waals surface area contributed by atoms with Crippen LogP contribution in [-0.4, -0.2) is 18.7 Å². The fourth-order valence-electron chi connectivity index (χ4n) is 1.58. The van der Waals surface area contributed by atoms with Crippen molar-refractivity contribution in [1.29, 1.82) is 0 Å². The summed E-state index contributed by atoms with van der Waals surface area (Å²) >= 11 is 0. The molecule has 0 unspecified atom stereocenters. The summed E-state index contributed by atoms with van der Waals surface area (Å²) in [5.74, 6) is -2.23. The summed E-state index contributed by atoms with van der Waals surface area (Å²) in [5.41, 5.74) is 0.443. The van der Waals surface area contributed by atoms with Gasteiger partial charge in [-0.2, -0.15) is 0 Å². The Bertz CT molecular complexity index is 653. The molecule has 0 N–H and O–H groups in total. The minimum absolute atomic E-state index is 0.0236. The van der Waals surface area contributed by atoms with Crippen molar-refractivity contribution in [1.82, 2.24) is 0 Å². The molecule has 3 nitrogen and oxygen atoms in total. The lowest BCUT2D eigenvalue weighted by atomic mass is 10.1. The van der Waals surface area contributed by atoms with E-state index in [-0.39, 0.29) is 12.2 Å². The van der Waals surface area contributed by atoms with Gasteiger partial charge in [0.05, 0.1) is 0 Å². The number of aldehydes is 1. The average molecular weight is 276 g/mol. The van der Waals surface area contributed by atoms with Crippen LogP contribution in [0.2, 0.25) is 0 Å². The van der Waals surface area contributed by atoms with Crippen molar-refractivity contribution in [2.45, 2.75) is 0 Å². The highest BCUT2D eigenvalue weighted by molar-refractivity contribution is 5.97. The second-order valence-electron chi connectivity index (χ2n) is 4.03. The Morgan fingerprint density at radius 3 is 2.60 bits per heavy atom. The lowest BCUT2D eigenvalue weighted by Gasteiger charge is -2.06. The number of carbonyl (C=O) groups excluding carboxylic acids is 2. The molecule has 0 bridgehead atoms. The van der Waals surface area contributed by atoms with E-state index in [1.165, 1.54) is 12.1 Å². The third-order valence-electron chi connectivity index (χ3n) is 2.61. The Kier molecular flexibility index (Phi) is 4.20. The molecule has 2 rings (SSSR count). The van der Waals surface area contributed by atoms with E-state index in [0.717, 1.165) is 12.1 Å². The molecule has 0 radical (unpaired) electrons. The fraction of sp³-hybridized carbons (Fsp3) is 0.0667. The van der Waals surface area contributed by atoms with Gasteiger partial charge in [-0.25, -0.2) is 8.78 Å². The highest BCUT2D eigenvalue weighted by Gasteiger charge is 2.10. The molecular weight excluding hydrogens is 266 g/mol. The SMILES string of the molecule is O=Cc1cccc(OCC(=O)c2ccc(F)c(F)c2)c1. The van der Waals surface area contributed by atoms with Crippen LogP contribution in [-0.2, 0) is 0 Å². The molecule has 102 valence electrons. The van der Waals surface area contributed by atoms with Crippen LogP contribution in [0.15, 0.2) is 42.5 Å². The first-order valence-corrected chi connectivity index (χ1v) is 5.76. The average Bonchev–Trinajstić information content (AvgIpc) is 2.47. The molecule has 0 heterocycles. The van der Waals surface area contributed by atoms with Gasteiger partial charge in [0.2, 0.25) is 0 Å². The molecule has 0 spiro atoms. The molecule has 20 heavy (non-hydrogen) atoms. The molecule has 0 saturated carbocycles. The number of halogens is 2. The van der Waals surface area contributed by atoms with Crippen molar-refractivity contribution in [2.75, 3.05) is 6.61 Å². The van der Waals surface area contributed by atoms with E-state index in [1.807, 2.05) is 0 Å². The third-order valence-corrected chi connectivity index (χ3v) is 2.61. The van der Waals surface area contributed by atoms with E-state index in [0.29, 0.717) is 17.6 Å². The van der Waals surface area contributed by atoms with Crippen LogP contribution < -0.4 is 4.74 Å². The first-order chi connectivity index (χ1) is 9.60. The lowest BCUT2D eigenvalue weighted by molar-refractivity contribution is 0.0921. The van der Waals surface area contributed by atoms with Crippen molar-refractivity contribution >= 4 is 12.1 Å². The normalized spacial score (nSPS) is 10.1. The Hall–Kier alpha value is -2.56. The third kappa shape index (κ3) is 3.26. The van der Waals surface area contributed by atoms with Crippen LogP contribution in [0, 0.1) is 11.6 Å². The zero-order chi connectivity index (χ0) is 14.5. The Morgan fingerprint density at radius 1 is 1.10 bits per heavy atom. The highest BCUT2D eigenvalue weighted by atomic mass is 19.2. The molecule has 2 aromatic carbocycles. The van der Waals surface area contributed by atoms with E-state index < -0.39 is 17.4 Å². The van der Waals surface area contributed by atoms with Crippen molar-refractivity contribution in [3.05, 3.63) is 65.2 Å². The summed E-state index contributed by atoms with van der Waals surface area (Å²) < 4.78 is 31.0. The second kappa shape index (κ2) is 6.06. The monoisotopic (exact) mass is 276 g/mol. The molecule has 0 aromatic heterocycles. The number of hydrogen-bond donors (Lipinski definition) is 0. The molecule has 0 atom stereocenters. The van der Waals surface area contributed by atoms with Gasteiger partial charge in [0, 0.05) is 11.1 Å². The number of ether oxygens (including phenoxy) is 1. The number of rotatable bonds is 5. The first-order valence-electron chi connectivity index (χ1n) is 5.76. The van der Waals surface area contributed by atoms with E-state index in [9.17, 15) is 18.4 Å². The molecule has 5 heteroatoms. The summed E-state index contributed by atoms with van der Waals surface area (Å²) in [4.78, 5) is 22.3. The maximum Gasteiger partial charge on any atom is 0.200 e. The minimum Gasteiger partial charge on any atom is -0.485 e. The van der Waals surface area contributed by atoms with E-state index >= 15 is 0 Å². The maximum absolute atomic E-state index is 13.0. The summed E-state index contributed by atoms with van der Waals surface area (Å²) in [6.45, 7) is -0.326. The predicted molar refractivity (Wildman–Crippen MR) is 68.0 cm³/mol. The smallest absolute Gasteiger partial charge is 0.200 e. The molecule has 2 aromatic rings. The van der Waals surface area contributed by atoms with Crippen LogP contribution in [0.4, 0.5) is 8.78 Å². The van der Waals surface area contributed by atoms with Gasteiger partial charge in [-0.05, 0) is 30.3 Å². The largest absolute Gasteiger partial charge is 0.485 e. The van der Waals surface area contributed by atoms with Gasteiger partial charge >= 0.3 is 0 Å². The predicted octanol–water partition coefficient (Wildman–Crippen LogP) is 3.04. The highest BCUT2D eigenvalue weighted by Crippen LogP contribution is 2.13. The Morgan fingerprint density at radius 2 is 1.90 bits per heavy atom. The summed E-state index contributed by atoms with van der Waals surface area (Å²) in [5, 5.41) is 0. The van der Waals surface area contributed by atoms with Crippen molar-refractivity contribution in [3.8, 4) is 5.75 Å². The number of carbonyl (C=O) groups is 2. The van der Waals surface area contributed by atoms with Gasteiger partial charge in [-0.15, -0.1) is 0 Å². The van der Waals surface area contributed by atoms with Crippen LogP contribution in [0.1, 0.15) is 20.7 Å². The van der Waals surface area contributed by atoms with Gasteiger partial charge in [-0.3, -0.25) is 9.59 Å². The first kappa shape index (κ1) is 13.9. The number of benzene rings is 2. The van der Waals surface area contributed by atoms with Crippen LogP contribution in [0.5, 0.6) is 5.75 Å². The van der Waals surface area contributed by atoms with Crippen LogP contribution >= 0.6 is 0 Å². The number of hydrogen-bond acceptors (Lipinski definition) is 3. The summed E-state index contributed by atoms with van der Waals surface area (Å²) in [7, 11) is 0. The van der Waals surface area contributed by atoms with Gasteiger partial charge in [0.15, 0.2) is 24.0 Å². The van der Waals surface area contributed by atoms with E-state index in [2.05, 4.69) is 0 Å². The number of ketones is 1. The molecule has 0 fully saturated rings. The van der Waals surface area contributed by atoms with Gasteiger partial charge in [0.25, 0.3) is 0 Å². The van der Waals surface area contributed by atoms with Crippen molar-refractivity contribution < 1.29 is 23.1 Å².